The van der Waals surface area contributed by atoms with Gasteiger partial charge in [0.25, 0.3) is 0 Å². The van der Waals surface area contributed by atoms with Crippen molar-refractivity contribution in [1.29, 1.82) is 0 Å². The van der Waals surface area contributed by atoms with Crippen LogP contribution in [0.15, 0.2) is 36.4 Å². The second-order valence-corrected chi connectivity index (χ2v) is 4.53. The van der Waals surface area contributed by atoms with Crippen LogP contribution in [0.3, 0.4) is 0 Å². The maximum atomic E-state index is 2.56. The first-order chi connectivity index (χ1) is 7.95. The molecular formula is C15H21N. The highest BCUT2D eigenvalue weighted by Gasteiger charge is 2.06. The van der Waals surface area contributed by atoms with E-state index in [0.29, 0.717) is 0 Å². The van der Waals surface area contributed by atoms with Crippen molar-refractivity contribution >= 4 is 6.08 Å². The second-order valence-electron chi connectivity index (χ2n) is 4.53. The number of hydrogen-bond donors (Lipinski definition) is 0. The highest BCUT2D eigenvalue weighted by Crippen LogP contribution is 2.09. The average Bonchev–Trinajstić information content (AvgIpc) is 2.59. The third kappa shape index (κ3) is 3.82. The summed E-state index contributed by atoms with van der Waals surface area (Å²) >= 11 is 0. The lowest BCUT2D eigenvalue weighted by Crippen LogP contribution is -2.24. The predicted molar refractivity (Wildman–Crippen MR) is 70.4 cm³/mol. The maximum Gasteiger partial charge on any atom is 0.0166 e. The van der Waals surface area contributed by atoms with Crippen LogP contribution in [0.2, 0.25) is 0 Å². The molecule has 1 heterocycles. The topological polar surface area (TPSA) is 3.24 Å². The SMILES string of the molecule is C(=Cc1ccccc1)CN1CCCCCC1. The Balaban J connectivity index is 1.79. The summed E-state index contributed by atoms with van der Waals surface area (Å²) in [7, 11) is 0. The summed E-state index contributed by atoms with van der Waals surface area (Å²) < 4.78 is 0. The van der Waals surface area contributed by atoms with Crippen LogP contribution in [0.25, 0.3) is 6.08 Å². The van der Waals surface area contributed by atoms with E-state index < -0.39 is 0 Å². The van der Waals surface area contributed by atoms with Crippen LogP contribution in [-0.2, 0) is 0 Å². The van der Waals surface area contributed by atoms with Crippen molar-refractivity contribution in [3.8, 4) is 0 Å². The Labute approximate surface area is 98.8 Å². The van der Waals surface area contributed by atoms with Crippen LogP contribution < -0.4 is 0 Å². The van der Waals surface area contributed by atoms with Crippen LogP contribution in [0, 0.1) is 0 Å². The van der Waals surface area contributed by atoms with Gasteiger partial charge in [-0.2, -0.15) is 0 Å². The summed E-state index contributed by atoms with van der Waals surface area (Å²) in [6.45, 7) is 3.66. The molecule has 1 fully saturated rings. The third-order valence-electron chi connectivity index (χ3n) is 3.17. The molecule has 1 nitrogen and oxygen atoms in total. The van der Waals surface area contributed by atoms with E-state index in [0.717, 1.165) is 6.54 Å². The van der Waals surface area contributed by atoms with Gasteiger partial charge in [-0.1, -0.05) is 55.3 Å². The van der Waals surface area contributed by atoms with Gasteiger partial charge in [-0.3, -0.25) is 4.90 Å². The molecule has 1 aliphatic heterocycles. The quantitative estimate of drug-likeness (QED) is 0.745. The van der Waals surface area contributed by atoms with E-state index in [-0.39, 0.29) is 0 Å². The summed E-state index contributed by atoms with van der Waals surface area (Å²) in [5.74, 6) is 0. The minimum atomic E-state index is 1.11. The smallest absolute Gasteiger partial charge is 0.0166 e. The van der Waals surface area contributed by atoms with E-state index in [1.807, 2.05) is 0 Å². The van der Waals surface area contributed by atoms with Gasteiger partial charge in [0.15, 0.2) is 0 Å². The minimum Gasteiger partial charge on any atom is -0.300 e. The predicted octanol–water partition coefficient (Wildman–Crippen LogP) is 3.58. The van der Waals surface area contributed by atoms with Crippen LogP contribution in [0.5, 0.6) is 0 Å². The Kier molecular flexibility index (Phi) is 4.63. The minimum absolute atomic E-state index is 1.11. The summed E-state index contributed by atoms with van der Waals surface area (Å²) in [6, 6.07) is 10.5. The van der Waals surface area contributed by atoms with Crippen molar-refractivity contribution in [2.24, 2.45) is 0 Å². The van der Waals surface area contributed by atoms with Crippen LogP contribution >= 0.6 is 0 Å². The highest BCUT2D eigenvalue weighted by atomic mass is 15.1. The standard InChI is InChI=1S/C15H21N/c1-2-7-13-16(12-6-1)14-8-11-15-9-4-3-5-10-15/h3-5,8-11H,1-2,6-7,12-14H2. The number of benzene rings is 1. The molecule has 1 heteroatoms. The van der Waals surface area contributed by atoms with Crippen molar-refractivity contribution in [2.75, 3.05) is 19.6 Å². The zero-order valence-corrected chi connectivity index (χ0v) is 9.94. The molecule has 0 saturated carbocycles. The molecule has 1 aromatic rings. The fraction of sp³-hybridized carbons (Fsp3) is 0.467. The highest BCUT2D eigenvalue weighted by molar-refractivity contribution is 5.48. The molecule has 0 spiro atoms. The summed E-state index contributed by atoms with van der Waals surface area (Å²) in [4.78, 5) is 2.56. The van der Waals surface area contributed by atoms with Crippen LogP contribution in [0.4, 0.5) is 0 Å². The maximum absolute atomic E-state index is 2.56. The molecule has 0 bridgehead atoms. The fourth-order valence-corrected chi connectivity index (χ4v) is 2.22. The van der Waals surface area contributed by atoms with Gasteiger partial charge in [0.1, 0.15) is 0 Å². The third-order valence-corrected chi connectivity index (χ3v) is 3.17. The first kappa shape index (κ1) is 11.4. The van der Waals surface area contributed by atoms with Gasteiger partial charge >= 0.3 is 0 Å². The molecule has 2 rings (SSSR count). The zero-order chi connectivity index (χ0) is 11.1. The monoisotopic (exact) mass is 215 g/mol. The average molecular weight is 215 g/mol. The lowest BCUT2D eigenvalue weighted by molar-refractivity contribution is 0.316. The molecule has 0 atom stereocenters. The molecule has 16 heavy (non-hydrogen) atoms. The number of nitrogens with zero attached hydrogens (tertiary/aromatic N) is 1. The normalized spacial score (nSPS) is 18.8. The van der Waals surface area contributed by atoms with Gasteiger partial charge in [0.2, 0.25) is 0 Å². The molecule has 0 aromatic heterocycles. The first-order valence-corrected chi connectivity index (χ1v) is 6.39. The zero-order valence-electron chi connectivity index (χ0n) is 9.94. The molecule has 0 aliphatic carbocycles. The molecule has 86 valence electrons. The van der Waals surface area contributed by atoms with E-state index in [4.69, 9.17) is 0 Å². The largest absolute Gasteiger partial charge is 0.300 e. The Morgan fingerprint density at radius 3 is 2.31 bits per heavy atom. The van der Waals surface area contributed by atoms with Gasteiger partial charge in [-0.25, -0.2) is 0 Å². The van der Waals surface area contributed by atoms with Gasteiger partial charge in [0, 0.05) is 6.54 Å². The molecule has 1 aliphatic rings. The van der Waals surface area contributed by atoms with Crippen molar-refractivity contribution in [2.45, 2.75) is 25.7 Å². The van der Waals surface area contributed by atoms with Gasteiger partial charge in [-0.15, -0.1) is 0 Å². The summed E-state index contributed by atoms with van der Waals surface area (Å²) in [5, 5.41) is 0. The Bertz CT molecular complexity index is 307. The van der Waals surface area contributed by atoms with Crippen molar-refractivity contribution < 1.29 is 0 Å². The Morgan fingerprint density at radius 2 is 1.62 bits per heavy atom. The van der Waals surface area contributed by atoms with Crippen molar-refractivity contribution in [3.05, 3.63) is 42.0 Å². The van der Waals surface area contributed by atoms with Crippen molar-refractivity contribution in [1.82, 2.24) is 4.90 Å². The molecule has 1 aromatic carbocycles. The molecule has 0 radical (unpaired) electrons. The van der Waals surface area contributed by atoms with Crippen LogP contribution in [0.1, 0.15) is 31.2 Å². The van der Waals surface area contributed by atoms with E-state index in [2.05, 4.69) is 47.4 Å². The molecular weight excluding hydrogens is 194 g/mol. The van der Waals surface area contributed by atoms with Gasteiger partial charge in [0.05, 0.1) is 0 Å². The fourth-order valence-electron chi connectivity index (χ4n) is 2.22. The summed E-state index contributed by atoms with van der Waals surface area (Å²) in [5.41, 5.74) is 1.30. The van der Waals surface area contributed by atoms with E-state index in [1.54, 1.807) is 0 Å². The first-order valence-electron chi connectivity index (χ1n) is 6.39. The molecule has 0 N–H and O–H groups in total. The molecule has 0 unspecified atom stereocenters. The lowest BCUT2D eigenvalue weighted by atomic mass is 10.2. The van der Waals surface area contributed by atoms with E-state index in [1.165, 1.54) is 44.3 Å². The second kappa shape index (κ2) is 6.49. The lowest BCUT2D eigenvalue weighted by Gasteiger charge is -2.16. The Morgan fingerprint density at radius 1 is 0.938 bits per heavy atom. The molecule has 1 saturated heterocycles. The summed E-state index contributed by atoms with van der Waals surface area (Å²) in [6.07, 6.45) is 10.1. The number of likely N-dealkylation sites (tertiary alicyclic amines) is 1. The number of hydrogen-bond acceptors (Lipinski definition) is 1. The molecule has 0 amide bonds. The van der Waals surface area contributed by atoms with Gasteiger partial charge in [-0.05, 0) is 31.5 Å². The van der Waals surface area contributed by atoms with E-state index >= 15 is 0 Å². The van der Waals surface area contributed by atoms with Crippen LogP contribution in [-0.4, -0.2) is 24.5 Å². The van der Waals surface area contributed by atoms with Crippen molar-refractivity contribution in [3.63, 3.8) is 0 Å². The Hall–Kier alpha value is -1.08. The number of rotatable bonds is 3. The van der Waals surface area contributed by atoms with Gasteiger partial charge < -0.3 is 0 Å². The van der Waals surface area contributed by atoms with E-state index in [9.17, 15) is 0 Å².